The highest BCUT2D eigenvalue weighted by Gasteiger charge is 1.97. The van der Waals surface area contributed by atoms with Crippen molar-refractivity contribution < 1.29 is 24.5 Å². The molecule has 1 N–H and O–H groups in total. The number of hydrogen-bond donors (Lipinski definition) is 1. The highest BCUT2D eigenvalue weighted by molar-refractivity contribution is 5.82. The van der Waals surface area contributed by atoms with Gasteiger partial charge in [-0.15, -0.1) is 0 Å². The Labute approximate surface area is 82.3 Å². The van der Waals surface area contributed by atoms with Crippen LogP contribution in [0.5, 0.6) is 0 Å². The molecule has 80 valence electrons. The molecule has 0 aliphatic rings. The van der Waals surface area contributed by atoms with Crippen molar-refractivity contribution in [1.82, 2.24) is 0 Å². The predicted octanol–water partition coefficient (Wildman–Crippen LogP) is -0.634. The summed E-state index contributed by atoms with van der Waals surface area (Å²) < 4.78 is 4.20. The number of aliphatic hydroxyl groups is 1. The van der Waals surface area contributed by atoms with Crippen LogP contribution in [0, 0.1) is 0 Å². The largest absolute Gasteiger partial charge is 0.545 e. The van der Waals surface area contributed by atoms with Gasteiger partial charge in [-0.2, -0.15) is 0 Å². The average molecular weight is 201 g/mol. The van der Waals surface area contributed by atoms with Gasteiger partial charge in [0.2, 0.25) is 0 Å². The first-order valence-electron chi connectivity index (χ1n) is 3.69. The van der Waals surface area contributed by atoms with E-state index >= 15 is 0 Å². The summed E-state index contributed by atoms with van der Waals surface area (Å²) in [5.74, 6) is -1.80. The summed E-state index contributed by atoms with van der Waals surface area (Å²) in [7, 11) is 0. The van der Waals surface area contributed by atoms with Gasteiger partial charge in [0, 0.05) is 6.08 Å². The van der Waals surface area contributed by atoms with Gasteiger partial charge in [0.1, 0.15) is 0 Å². The fourth-order valence-corrected chi connectivity index (χ4v) is 0.216. The molecule has 0 spiro atoms. The van der Waals surface area contributed by atoms with Crippen LogP contribution in [0.4, 0.5) is 0 Å². The normalized spacial score (nSPS) is 10.2. The molecular weight excluding hydrogens is 188 g/mol. The van der Waals surface area contributed by atoms with E-state index in [-0.39, 0.29) is 5.57 Å². The molecule has 14 heavy (non-hydrogen) atoms. The number of esters is 1. The summed E-state index contributed by atoms with van der Waals surface area (Å²) >= 11 is 0. The lowest BCUT2D eigenvalue weighted by Crippen LogP contribution is -2.22. The number of carbonyl (C=O) groups is 2. The van der Waals surface area contributed by atoms with E-state index in [1.165, 1.54) is 13.8 Å². The van der Waals surface area contributed by atoms with Crippen molar-refractivity contribution in [3.05, 3.63) is 24.8 Å². The quantitative estimate of drug-likeness (QED) is 0.373. The minimum absolute atomic E-state index is 0.0648. The summed E-state index contributed by atoms with van der Waals surface area (Å²) in [5, 5.41) is 17.9. The van der Waals surface area contributed by atoms with Crippen molar-refractivity contribution in [2.75, 3.05) is 0 Å². The van der Waals surface area contributed by atoms with Gasteiger partial charge in [0.25, 0.3) is 0 Å². The zero-order chi connectivity index (χ0) is 11.7. The molecule has 0 saturated carbocycles. The fourth-order valence-electron chi connectivity index (χ4n) is 0.216. The Morgan fingerprint density at radius 3 is 2.00 bits per heavy atom. The number of ether oxygens (including phenoxy) is 1. The maximum atomic E-state index is 10.1. The lowest BCUT2D eigenvalue weighted by molar-refractivity contribution is -0.299. The van der Waals surface area contributed by atoms with Crippen molar-refractivity contribution in [2.24, 2.45) is 0 Å². The monoisotopic (exact) mass is 201 g/mol. The lowest BCUT2D eigenvalue weighted by Gasteiger charge is -2.01. The Morgan fingerprint density at radius 1 is 1.57 bits per heavy atom. The molecule has 0 radical (unpaired) electrons. The van der Waals surface area contributed by atoms with E-state index in [0.717, 1.165) is 6.08 Å². The summed E-state index contributed by atoms with van der Waals surface area (Å²) in [6, 6.07) is 0. The Hall–Kier alpha value is -1.62. The third-order valence-corrected chi connectivity index (χ3v) is 0.802. The standard InChI is InChI=1S/C5H8O3.C4H6O2/c1-3-5(7)8-4(2)6;1-3(2)4(5)6/h3-4,6H,1H2,2H3;1H2,2H3,(H,5,6)/p-1. The molecule has 0 amide bonds. The Balaban J connectivity index is 0. The molecule has 0 aromatic rings. The molecule has 5 nitrogen and oxygen atoms in total. The predicted molar refractivity (Wildman–Crippen MR) is 47.8 cm³/mol. The summed E-state index contributed by atoms with van der Waals surface area (Å²) in [4.78, 5) is 19.6. The maximum Gasteiger partial charge on any atom is 0.332 e. The van der Waals surface area contributed by atoms with Crippen molar-refractivity contribution >= 4 is 11.9 Å². The molecule has 0 rings (SSSR count). The second kappa shape index (κ2) is 8.00. The number of hydrogen-bond acceptors (Lipinski definition) is 5. The molecule has 1 unspecified atom stereocenters. The second-order valence-electron chi connectivity index (χ2n) is 2.31. The number of rotatable bonds is 3. The van der Waals surface area contributed by atoms with Crippen LogP contribution in [0.1, 0.15) is 13.8 Å². The lowest BCUT2D eigenvalue weighted by atomic mass is 10.4. The van der Waals surface area contributed by atoms with Crippen molar-refractivity contribution in [1.29, 1.82) is 0 Å². The summed E-state index contributed by atoms with van der Waals surface area (Å²) in [5.41, 5.74) is 0.0648. The van der Waals surface area contributed by atoms with Crippen LogP contribution in [0.15, 0.2) is 24.8 Å². The number of aliphatic carboxylic acids is 1. The van der Waals surface area contributed by atoms with Crippen LogP contribution in [0.25, 0.3) is 0 Å². The number of carboxylic acids is 1. The number of aliphatic hydroxyl groups excluding tert-OH is 1. The van der Waals surface area contributed by atoms with Gasteiger partial charge in [0.15, 0.2) is 6.29 Å². The minimum atomic E-state index is -1.19. The number of carbonyl (C=O) groups excluding carboxylic acids is 2. The molecule has 0 aromatic carbocycles. The van der Waals surface area contributed by atoms with Gasteiger partial charge in [0.05, 0.1) is 5.97 Å². The Bertz CT molecular complexity index is 217. The topological polar surface area (TPSA) is 86.7 Å². The van der Waals surface area contributed by atoms with Crippen LogP contribution < -0.4 is 5.11 Å². The molecule has 0 bridgehead atoms. The van der Waals surface area contributed by atoms with Crippen LogP contribution in [0.3, 0.4) is 0 Å². The summed E-state index contributed by atoms with van der Waals surface area (Å²) in [6.07, 6.45) is -0.0484. The van der Waals surface area contributed by atoms with E-state index in [1.807, 2.05) is 0 Å². The second-order valence-corrected chi connectivity index (χ2v) is 2.31. The van der Waals surface area contributed by atoms with Gasteiger partial charge >= 0.3 is 5.97 Å². The van der Waals surface area contributed by atoms with Gasteiger partial charge in [-0.25, -0.2) is 4.79 Å². The third kappa shape index (κ3) is 13.0. The molecule has 0 heterocycles. The van der Waals surface area contributed by atoms with Crippen LogP contribution in [0.2, 0.25) is 0 Å². The smallest absolute Gasteiger partial charge is 0.332 e. The first-order chi connectivity index (χ1) is 6.31. The molecule has 0 aliphatic carbocycles. The first kappa shape index (κ1) is 14.9. The van der Waals surface area contributed by atoms with Gasteiger partial charge in [-0.1, -0.05) is 13.2 Å². The zero-order valence-corrected chi connectivity index (χ0v) is 8.15. The first-order valence-corrected chi connectivity index (χ1v) is 3.69. The fraction of sp³-hybridized carbons (Fsp3) is 0.333. The van der Waals surface area contributed by atoms with E-state index in [1.54, 1.807) is 0 Å². The van der Waals surface area contributed by atoms with E-state index in [9.17, 15) is 14.7 Å². The molecule has 0 saturated heterocycles. The molecular formula is C9H13O5-. The van der Waals surface area contributed by atoms with Crippen LogP contribution in [-0.4, -0.2) is 23.3 Å². The van der Waals surface area contributed by atoms with E-state index < -0.39 is 18.2 Å². The molecule has 0 aliphatic heterocycles. The minimum Gasteiger partial charge on any atom is -0.545 e. The highest BCUT2D eigenvalue weighted by atomic mass is 16.6. The zero-order valence-electron chi connectivity index (χ0n) is 8.15. The van der Waals surface area contributed by atoms with E-state index in [2.05, 4.69) is 17.9 Å². The molecule has 1 atom stereocenters. The Morgan fingerprint density at radius 2 is 1.93 bits per heavy atom. The van der Waals surface area contributed by atoms with E-state index in [4.69, 9.17) is 5.11 Å². The van der Waals surface area contributed by atoms with Gasteiger partial charge < -0.3 is 19.7 Å². The van der Waals surface area contributed by atoms with Gasteiger partial charge in [-0.3, -0.25) is 0 Å². The average Bonchev–Trinajstić information content (AvgIpc) is 2.04. The summed E-state index contributed by atoms with van der Waals surface area (Å²) in [6.45, 7) is 8.95. The van der Waals surface area contributed by atoms with E-state index in [0.29, 0.717) is 0 Å². The van der Waals surface area contributed by atoms with Crippen LogP contribution in [-0.2, 0) is 14.3 Å². The van der Waals surface area contributed by atoms with Crippen molar-refractivity contribution in [3.63, 3.8) is 0 Å². The Kier molecular flexibility index (Phi) is 8.50. The van der Waals surface area contributed by atoms with Gasteiger partial charge in [-0.05, 0) is 19.4 Å². The molecule has 5 heteroatoms. The third-order valence-electron chi connectivity index (χ3n) is 0.802. The molecule has 0 aromatic heterocycles. The maximum absolute atomic E-state index is 10.1. The number of carboxylic acid groups (broad SMARTS) is 1. The SMILES string of the molecule is C=C(C)C(=O)[O-].C=CC(=O)OC(C)O. The van der Waals surface area contributed by atoms with Crippen molar-refractivity contribution in [3.8, 4) is 0 Å². The van der Waals surface area contributed by atoms with Crippen molar-refractivity contribution in [2.45, 2.75) is 20.1 Å². The molecule has 0 fully saturated rings. The highest BCUT2D eigenvalue weighted by Crippen LogP contribution is 1.84. The van der Waals surface area contributed by atoms with Crippen LogP contribution >= 0.6 is 0 Å².